The Morgan fingerprint density at radius 2 is 2.04 bits per heavy atom. The molecule has 1 aliphatic rings. The highest BCUT2D eigenvalue weighted by Crippen LogP contribution is 2.19. The molecule has 0 aliphatic carbocycles. The summed E-state index contributed by atoms with van der Waals surface area (Å²) in [4.78, 5) is 20.1. The van der Waals surface area contributed by atoms with Gasteiger partial charge in [0, 0.05) is 43.5 Å². The van der Waals surface area contributed by atoms with Crippen LogP contribution >= 0.6 is 12.2 Å². The molecule has 0 unspecified atom stereocenters. The van der Waals surface area contributed by atoms with E-state index in [9.17, 15) is 9.18 Å². The van der Waals surface area contributed by atoms with Gasteiger partial charge in [0.25, 0.3) is 5.56 Å². The van der Waals surface area contributed by atoms with Gasteiger partial charge in [-0.25, -0.2) is 9.07 Å². The quantitative estimate of drug-likeness (QED) is 0.695. The summed E-state index contributed by atoms with van der Waals surface area (Å²) in [6.07, 6.45) is 2.72. The van der Waals surface area contributed by atoms with E-state index in [0.717, 1.165) is 41.2 Å². The highest BCUT2D eigenvalue weighted by Gasteiger charge is 2.21. The van der Waals surface area contributed by atoms with Crippen LogP contribution < -0.4 is 5.56 Å². The number of rotatable bonds is 3. The molecule has 4 rings (SSSR count). The second-order valence-corrected chi connectivity index (χ2v) is 6.89. The average molecular weight is 371 g/mol. The molecular weight excluding hydrogens is 353 g/mol. The summed E-state index contributed by atoms with van der Waals surface area (Å²) >= 11 is 5.03. The Morgan fingerprint density at radius 1 is 1.27 bits per heavy atom. The number of benzene rings is 1. The molecule has 3 aromatic rings. The number of H-pyrrole nitrogens is 2. The van der Waals surface area contributed by atoms with Gasteiger partial charge >= 0.3 is 0 Å². The maximum absolute atomic E-state index is 13.1. The third kappa shape index (κ3) is 3.25. The fourth-order valence-corrected chi connectivity index (χ4v) is 3.48. The van der Waals surface area contributed by atoms with Gasteiger partial charge in [0.1, 0.15) is 5.82 Å². The second kappa shape index (κ2) is 6.62. The van der Waals surface area contributed by atoms with E-state index < -0.39 is 0 Å². The standard InChI is InChI=1S/C18H18FN5OS/c1-11-12(9-24(22-11)14-4-2-13(19)3-5-14)8-23-7-6-16-15(10-23)17(25)21-18(26)20-16/h2-5,9H,6-8,10H2,1H3,(H2,20,21,25,26). The summed E-state index contributed by atoms with van der Waals surface area (Å²) in [5, 5.41) is 4.53. The zero-order chi connectivity index (χ0) is 18.3. The smallest absolute Gasteiger partial charge is 0.256 e. The number of nitrogens with zero attached hydrogens (tertiary/aromatic N) is 3. The second-order valence-electron chi connectivity index (χ2n) is 6.49. The lowest BCUT2D eigenvalue weighted by Crippen LogP contribution is -2.35. The van der Waals surface area contributed by atoms with Crippen LogP contribution in [0.1, 0.15) is 22.5 Å². The van der Waals surface area contributed by atoms with Crippen molar-refractivity contribution in [3.63, 3.8) is 0 Å². The molecule has 1 aromatic carbocycles. The number of aryl methyl sites for hydroxylation is 1. The number of halogens is 1. The van der Waals surface area contributed by atoms with Gasteiger partial charge in [0.2, 0.25) is 0 Å². The maximum atomic E-state index is 13.1. The molecule has 2 N–H and O–H groups in total. The van der Waals surface area contributed by atoms with Gasteiger partial charge < -0.3 is 4.98 Å². The number of hydrogen-bond acceptors (Lipinski definition) is 4. The van der Waals surface area contributed by atoms with Gasteiger partial charge in [-0.05, 0) is 43.4 Å². The lowest BCUT2D eigenvalue weighted by atomic mass is 10.1. The minimum Gasteiger partial charge on any atom is -0.335 e. The molecule has 0 atom stereocenters. The summed E-state index contributed by atoms with van der Waals surface area (Å²) in [5.41, 5.74) is 4.36. The van der Waals surface area contributed by atoms with E-state index in [0.29, 0.717) is 17.9 Å². The summed E-state index contributed by atoms with van der Waals surface area (Å²) in [6.45, 7) is 4.06. The van der Waals surface area contributed by atoms with Gasteiger partial charge in [-0.2, -0.15) is 5.10 Å². The molecule has 3 heterocycles. The molecule has 6 nitrogen and oxygen atoms in total. The van der Waals surface area contributed by atoms with Gasteiger partial charge in [0.05, 0.1) is 16.9 Å². The van der Waals surface area contributed by atoms with Crippen LogP contribution in [0.3, 0.4) is 0 Å². The number of nitrogens with one attached hydrogen (secondary N) is 2. The fraction of sp³-hybridized carbons (Fsp3) is 0.278. The van der Waals surface area contributed by atoms with Crippen LogP contribution in [0.4, 0.5) is 4.39 Å². The van der Waals surface area contributed by atoms with E-state index >= 15 is 0 Å². The van der Waals surface area contributed by atoms with Crippen LogP contribution in [0.5, 0.6) is 0 Å². The first kappa shape index (κ1) is 16.9. The molecule has 8 heteroatoms. The van der Waals surface area contributed by atoms with Crippen LogP contribution in [0.15, 0.2) is 35.3 Å². The number of aromatic amines is 2. The Labute approximate surface area is 154 Å². The van der Waals surface area contributed by atoms with Crippen molar-refractivity contribution >= 4 is 12.2 Å². The molecule has 0 amide bonds. The Balaban J connectivity index is 1.56. The van der Waals surface area contributed by atoms with Crippen molar-refractivity contribution in [3.8, 4) is 5.69 Å². The Hall–Kier alpha value is -2.58. The van der Waals surface area contributed by atoms with Gasteiger partial charge in [0.15, 0.2) is 4.77 Å². The molecule has 0 saturated carbocycles. The van der Waals surface area contributed by atoms with Crippen molar-refractivity contribution < 1.29 is 4.39 Å². The summed E-state index contributed by atoms with van der Waals surface area (Å²) < 4.78 is 15.2. The maximum Gasteiger partial charge on any atom is 0.256 e. The third-order valence-corrected chi connectivity index (χ3v) is 4.88. The van der Waals surface area contributed by atoms with E-state index in [1.54, 1.807) is 16.8 Å². The SMILES string of the molecule is Cc1nn(-c2ccc(F)cc2)cc1CN1CCc2[nH]c(=S)[nH]c(=O)c2C1. The van der Waals surface area contributed by atoms with Gasteiger partial charge in [-0.15, -0.1) is 0 Å². The topological polar surface area (TPSA) is 69.7 Å². The van der Waals surface area contributed by atoms with Crippen molar-refractivity contribution in [1.82, 2.24) is 24.6 Å². The predicted octanol–water partition coefficient (Wildman–Crippen LogP) is 2.62. The van der Waals surface area contributed by atoms with Crippen LogP contribution in [0, 0.1) is 17.5 Å². The number of aromatic nitrogens is 4. The zero-order valence-corrected chi connectivity index (χ0v) is 15.1. The minimum absolute atomic E-state index is 0.118. The lowest BCUT2D eigenvalue weighted by molar-refractivity contribution is 0.241. The van der Waals surface area contributed by atoms with Gasteiger partial charge in [-0.3, -0.25) is 14.7 Å². The molecule has 2 aromatic heterocycles. The van der Waals surface area contributed by atoms with E-state index in [-0.39, 0.29) is 11.4 Å². The first-order chi connectivity index (χ1) is 12.5. The number of hydrogen-bond donors (Lipinski definition) is 2. The van der Waals surface area contributed by atoms with Crippen LogP contribution in [0.2, 0.25) is 0 Å². The zero-order valence-electron chi connectivity index (χ0n) is 14.3. The van der Waals surface area contributed by atoms with Crippen molar-refractivity contribution in [2.45, 2.75) is 26.4 Å². The molecule has 0 spiro atoms. The summed E-state index contributed by atoms with van der Waals surface area (Å²) in [5.74, 6) is -0.269. The van der Waals surface area contributed by atoms with Crippen molar-refractivity contribution in [1.29, 1.82) is 0 Å². The molecule has 0 saturated heterocycles. The lowest BCUT2D eigenvalue weighted by Gasteiger charge is -2.27. The molecule has 1 aliphatic heterocycles. The molecule has 26 heavy (non-hydrogen) atoms. The highest BCUT2D eigenvalue weighted by molar-refractivity contribution is 7.71. The fourth-order valence-electron chi connectivity index (χ4n) is 3.27. The monoisotopic (exact) mass is 371 g/mol. The Morgan fingerprint density at radius 3 is 2.81 bits per heavy atom. The molecule has 134 valence electrons. The molecule has 0 radical (unpaired) electrons. The molecule has 0 bridgehead atoms. The summed E-state index contributed by atoms with van der Waals surface area (Å²) in [7, 11) is 0. The van der Waals surface area contributed by atoms with E-state index in [4.69, 9.17) is 12.2 Å². The van der Waals surface area contributed by atoms with Gasteiger partial charge in [-0.1, -0.05) is 0 Å². The normalized spacial score (nSPS) is 14.4. The largest absolute Gasteiger partial charge is 0.335 e. The Kier molecular flexibility index (Phi) is 4.29. The first-order valence-electron chi connectivity index (χ1n) is 8.37. The van der Waals surface area contributed by atoms with E-state index in [2.05, 4.69) is 20.0 Å². The number of fused-ring (bicyclic) bond motifs is 1. The average Bonchev–Trinajstić information content (AvgIpc) is 2.97. The van der Waals surface area contributed by atoms with Crippen LogP contribution in [0.25, 0.3) is 5.69 Å². The van der Waals surface area contributed by atoms with Crippen molar-refractivity contribution in [3.05, 3.63) is 73.9 Å². The highest BCUT2D eigenvalue weighted by atomic mass is 32.1. The first-order valence-corrected chi connectivity index (χ1v) is 8.78. The Bertz CT molecular complexity index is 1070. The van der Waals surface area contributed by atoms with E-state index in [1.807, 2.05) is 13.1 Å². The van der Waals surface area contributed by atoms with Crippen LogP contribution in [-0.2, 0) is 19.5 Å². The molecule has 0 fully saturated rings. The van der Waals surface area contributed by atoms with E-state index in [1.165, 1.54) is 12.1 Å². The molecular formula is C18H18FN5OS. The van der Waals surface area contributed by atoms with Crippen molar-refractivity contribution in [2.75, 3.05) is 6.54 Å². The summed E-state index contributed by atoms with van der Waals surface area (Å²) in [6, 6.07) is 6.24. The van der Waals surface area contributed by atoms with Crippen molar-refractivity contribution in [2.24, 2.45) is 0 Å². The predicted molar refractivity (Wildman–Crippen MR) is 98.3 cm³/mol. The minimum atomic E-state index is -0.269. The third-order valence-electron chi connectivity index (χ3n) is 4.68. The van der Waals surface area contributed by atoms with Crippen LogP contribution in [-0.4, -0.2) is 31.2 Å².